The van der Waals surface area contributed by atoms with Crippen LogP contribution in [0.3, 0.4) is 0 Å². The van der Waals surface area contributed by atoms with Gasteiger partial charge < -0.3 is 19.8 Å². The number of aromatic nitrogens is 1. The molecule has 0 atom stereocenters. The van der Waals surface area contributed by atoms with E-state index < -0.39 is 0 Å². The standard InChI is InChI=1S/C20H30N2O3/c1-5-7-11-22-17-13-15(21)9-10-16(17)18(24-12-8-6-2)19(20(22)23)25-14(3)4/h9-10,13-14H,5-8,11-12,21H2,1-4H3. The third-order valence-corrected chi connectivity index (χ3v) is 4.04. The molecule has 0 aliphatic carbocycles. The summed E-state index contributed by atoms with van der Waals surface area (Å²) in [5.41, 5.74) is 7.27. The van der Waals surface area contributed by atoms with Crippen LogP contribution in [0, 0.1) is 0 Å². The Morgan fingerprint density at radius 2 is 1.84 bits per heavy atom. The molecule has 0 saturated heterocycles. The molecule has 0 saturated carbocycles. The van der Waals surface area contributed by atoms with Crippen LogP contribution >= 0.6 is 0 Å². The van der Waals surface area contributed by atoms with Gasteiger partial charge in [-0.15, -0.1) is 0 Å². The van der Waals surface area contributed by atoms with Gasteiger partial charge in [-0.3, -0.25) is 4.79 Å². The van der Waals surface area contributed by atoms with Crippen LogP contribution in [0.25, 0.3) is 10.9 Å². The Hall–Kier alpha value is -2.17. The second-order valence-corrected chi connectivity index (χ2v) is 6.61. The Morgan fingerprint density at radius 1 is 1.12 bits per heavy atom. The number of ether oxygens (including phenoxy) is 2. The third kappa shape index (κ3) is 4.47. The van der Waals surface area contributed by atoms with Crippen LogP contribution in [0.5, 0.6) is 11.5 Å². The number of pyridine rings is 1. The van der Waals surface area contributed by atoms with Crippen molar-refractivity contribution >= 4 is 16.6 Å². The van der Waals surface area contributed by atoms with E-state index in [9.17, 15) is 4.79 Å². The Balaban J connectivity index is 2.70. The molecule has 0 radical (unpaired) electrons. The highest BCUT2D eigenvalue weighted by Gasteiger charge is 2.20. The van der Waals surface area contributed by atoms with Gasteiger partial charge in [0, 0.05) is 17.6 Å². The lowest BCUT2D eigenvalue weighted by atomic mass is 10.1. The minimum Gasteiger partial charge on any atom is -0.489 e. The summed E-state index contributed by atoms with van der Waals surface area (Å²) in [6.45, 7) is 9.24. The number of nitrogens with two attached hydrogens (primary N) is 1. The molecule has 25 heavy (non-hydrogen) atoms. The SMILES string of the molecule is CCCCOc1c(OC(C)C)c(=O)n(CCCC)c2cc(N)ccc12. The lowest BCUT2D eigenvalue weighted by molar-refractivity contribution is 0.216. The van der Waals surface area contributed by atoms with Crippen molar-refractivity contribution in [1.82, 2.24) is 4.57 Å². The van der Waals surface area contributed by atoms with E-state index >= 15 is 0 Å². The first-order chi connectivity index (χ1) is 12.0. The minimum absolute atomic E-state index is 0.105. The van der Waals surface area contributed by atoms with Crippen molar-refractivity contribution in [2.45, 2.75) is 66.0 Å². The quantitative estimate of drug-likeness (QED) is 0.541. The molecule has 5 nitrogen and oxygen atoms in total. The molecule has 1 heterocycles. The van der Waals surface area contributed by atoms with Crippen molar-refractivity contribution in [2.24, 2.45) is 0 Å². The molecule has 0 amide bonds. The maximum atomic E-state index is 13.1. The molecule has 0 aliphatic heterocycles. The van der Waals surface area contributed by atoms with Crippen LogP contribution in [0.1, 0.15) is 53.4 Å². The van der Waals surface area contributed by atoms with Gasteiger partial charge in [0.1, 0.15) is 0 Å². The van der Waals surface area contributed by atoms with Gasteiger partial charge in [0.15, 0.2) is 5.75 Å². The van der Waals surface area contributed by atoms with Crippen LogP contribution in [0.2, 0.25) is 0 Å². The summed E-state index contributed by atoms with van der Waals surface area (Å²) in [6, 6.07) is 5.60. The van der Waals surface area contributed by atoms with Gasteiger partial charge in [-0.05, 0) is 44.9 Å². The van der Waals surface area contributed by atoms with E-state index in [-0.39, 0.29) is 11.7 Å². The van der Waals surface area contributed by atoms with Gasteiger partial charge in [-0.2, -0.15) is 0 Å². The largest absolute Gasteiger partial charge is 0.489 e. The van der Waals surface area contributed by atoms with Crippen molar-refractivity contribution in [3.63, 3.8) is 0 Å². The van der Waals surface area contributed by atoms with Crippen molar-refractivity contribution in [1.29, 1.82) is 0 Å². The minimum atomic E-state index is -0.147. The first-order valence-electron chi connectivity index (χ1n) is 9.25. The molecule has 0 unspecified atom stereocenters. The first kappa shape index (κ1) is 19.2. The molecule has 5 heteroatoms. The molecule has 0 aliphatic rings. The maximum absolute atomic E-state index is 13.1. The number of hydrogen-bond acceptors (Lipinski definition) is 4. The van der Waals surface area contributed by atoms with Gasteiger partial charge >= 0.3 is 0 Å². The predicted molar refractivity (Wildman–Crippen MR) is 104 cm³/mol. The fourth-order valence-corrected chi connectivity index (χ4v) is 2.76. The highest BCUT2D eigenvalue weighted by molar-refractivity contribution is 5.90. The average Bonchev–Trinajstić information content (AvgIpc) is 2.57. The van der Waals surface area contributed by atoms with E-state index in [0.29, 0.717) is 30.3 Å². The average molecular weight is 346 g/mol. The number of hydrogen-bond donors (Lipinski definition) is 1. The van der Waals surface area contributed by atoms with Crippen LogP contribution < -0.4 is 20.8 Å². The lowest BCUT2D eigenvalue weighted by Gasteiger charge is -2.20. The number of benzene rings is 1. The second kappa shape index (κ2) is 8.79. The summed E-state index contributed by atoms with van der Waals surface area (Å²) in [4.78, 5) is 13.1. The predicted octanol–water partition coefficient (Wildman–Crippen LogP) is 4.35. The first-order valence-corrected chi connectivity index (χ1v) is 9.25. The molecule has 1 aromatic heterocycles. The highest BCUT2D eigenvalue weighted by atomic mass is 16.5. The van der Waals surface area contributed by atoms with E-state index in [4.69, 9.17) is 15.2 Å². The fourth-order valence-electron chi connectivity index (χ4n) is 2.76. The normalized spacial score (nSPS) is 11.2. The van der Waals surface area contributed by atoms with Gasteiger partial charge in [-0.1, -0.05) is 26.7 Å². The van der Waals surface area contributed by atoms with Crippen molar-refractivity contribution in [2.75, 3.05) is 12.3 Å². The van der Waals surface area contributed by atoms with Crippen molar-refractivity contribution < 1.29 is 9.47 Å². The molecular weight excluding hydrogens is 316 g/mol. The lowest BCUT2D eigenvalue weighted by Crippen LogP contribution is -2.25. The third-order valence-electron chi connectivity index (χ3n) is 4.04. The van der Waals surface area contributed by atoms with E-state index in [2.05, 4.69) is 13.8 Å². The molecule has 2 rings (SSSR count). The number of rotatable bonds is 9. The zero-order valence-corrected chi connectivity index (χ0v) is 15.8. The Morgan fingerprint density at radius 3 is 2.48 bits per heavy atom. The smallest absolute Gasteiger partial charge is 0.297 e. The number of nitrogen functional groups attached to an aromatic ring is 1. The van der Waals surface area contributed by atoms with E-state index in [1.54, 1.807) is 4.57 Å². The number of fused-ring (bicyclic) bond motifs is 1. The van der Waals surface area contributed by atoms with Gasteiger partial charge in [0.25, 0.3) is 5.56 Å². The van der Waals surface area contributed by atoms with Gasteiger partial charge in [-0.25, -0.2) is 0 Å². The summed E-state index contributed by atoms with van der Waals surface area (Å²) in [7, 11) is 0. The molecule has 1 aromatic carbocycles. The maximum Gasteiger partial charge on any atom is 0.297 e. The summed E-state index contributed by atoms with van der Waals surface area (Å²) in [5.74, 6) is 0.842. The fraction of sp³-hybridized carbons (Fsp3) is 0.550. The monoisotopic (exact) mass is 346 g/mol. The topological polar surface area (TPSA) is 66.5 Å². The summed E-state index contributed by atoms with van der Waals surface area (Å²) in [5, 5.41) is 0.872. The summed E-state index contributed by atoms with van der Waals surface area (Å²) in [6.07, 6.45) is 3.77. The Kier molecular flexibility index (Phi) is 6.73. The number of nitrogens with zero attached hydrogens (tertiary/aromatic N) is 1. The summed E-state index contributed by atoms with van der Waals surface area (Å²) < 4.78 is 13.6. The highest BCUT2D eigenvalue weighted by Crippen LogP contribution is 2.34. The molecule has 2 N–H and O–H groups in total. The van der Waals surface area contributed by atoms with E-state index in [0.717, 1.165) is 36.6 Å². The van der Waals surface area contributed by atoms with Gasteiger partial charge in [0.05, 0.1) is 18.2 Å². The second-order valence-electron chi connectivity index (χ2n) is 6.61. The van der Waals surface area contributed by atoms with Crippen molar-refractivity contribution in [3.8, 4) is 11.5 Å². The Bertz CT molecular complexity index is 766. The summed E-state index contributed by atoms with van der Waals surface area (Å²) >= 11 is 0. The number of unbranched alkanes of at least 4 members (excludes halogenated alkanes) is 2. The van der Waals surface area contributed by atoms with E-state index in [1.807, 2.05) is 32.0 Å². The number of aryl methyl sites for hydroxylation is 1. The van der Waals surface area contributed by atoms with Gasteiger partial charge in [0.2, 0.25) is 5.75 Å². The van der Waals surface area contributed by atoms with E-state index in [1.165, 1.54) is 0 Å². The van der Waals surface area contributed by atoms with Crippen molar-refractivity contribution in [3.05, 3.63) is 28.6 Å². The molecular formula is C20H30N2O3. The molecule has 0 bridgehead atoms. The molecule has 0 fully saturated rings. The Labute approximate surface area is 149 Å². The zero-order valence-electron chi connectivity index (χ0n) is 15.8. The molecule has 0 spiro atoms. The van der Waals surface area contributed by atoms with Crippen LogP contribution in [-0.4, -0.2) is 17.3 Å². The molecule has 2 aromatic rings. The van der Waals surface area contributed by atoms with Crippen LogP contribution in [-0.2, 0) is 6.54 Å². The zero-order chi connectivity index (χ0) is 18.4. The van der Waals surface area contributed by atoms with Crippen LogP contribution in [0.15, 0.2) is 23.0 Å². The van der Waals surface area contributed by atoms with Crippen LogP contribution in [0.4, 0.5) is 5.69 Å². The molecule has 138 valence electrons. The number of anilines is 1.